The molecule has 2 fully saturated rings. The van der Waals surface area contributed by atoms with Crippen LogP contribution in [0.5, 0.6) is 0 Å². The van der Waals surface area contributed by atoms with Crippen LogP contribution in [0.15, 0.2) is 29.2 Å². The maximum absolute atomic E-state index is 13.3. The lowest BCUT2D eigenvalue weighted by atomic mass is 10.2. The molecule has 0 bridgehead atoms. The highest BCUT2D eigenvalue weighted by atomic mass is 32.2. The van der Waals surface area contributed by atoms with Crippen molar-refractivity contribution in [1.82, 2.24) is 9.80 Å². The SMILES string of the molecule is CN(C(=O)CCN1C(=O)/C(=C\c2cccc(F)c2)SC1=S)C1CCS(=O)(=O)C1. The minimum atomic E-state index is -3.08. The number of hydrogen-bond acceptors (Lipinski definition) is 6. The Labute approximate surface area is 172 Å². The lowest BCUT2D eigenvalue weighted by molar-refractivity contribution is -0.132. The van der Waals surface area contributed by atoms with Crippen LogP contribution in [0.1, 0.15) is 18.4 Å². The van der Waals surface area contributed by atoms with Crippen molar-refractivity contribution in [2.75, 3.05) is 25.1 Å². The number of benzene rings is 1. The Morgan fingerprint density at radius 2 is 2.21 bits per heavy atom. The molecule has 2 aliphatic rings. The van der Waals surface area contributed by atoms with E-state index in [2.05, 4.69) is 0 Å². The van der Waals surface area contributed by atoms with Gasteiger partial charge in [0.25, 0.3) is 5.91 Å². The van der Waals surface area contributed by atoms with Gasteiger partial charge in [-0.25, -0.2) is 12.8 Å². The first kappa shape index (κ1) is 20.9. The van der Waals surface area contributed by atoms with Gasteiger partial charge in [0.1, 0.15) is 10.1 Å². The zero-order valence-electron chi connectivity index (χ0n) is 15.1. The molecule has 1 aromatic rings. The van der Waals surface area contributed by atoms with Gasteiger partial charge in [-0.15, -0.1) is 0 Å². The van der Waals surface area contributed by atoms with Gasteiger partial charge in [0.05, 0.1) is 16.4 Å². The summed E-state index contributed by atoms with van der Waals surface area (Å²) < 4.78 is 36.8. The number of carbonyl (C=O) groups is 2. The molecule has 28 heavy (non-hydrogen) atoms. The Morgan fingerprint density at radius 3 is 2.86 bits per heavy atom. The van der Waals surface area contributed by atoms with Gasteiger partial charge in [0.2, 0.25) is 5.91 Å². The van der Waals surface area contributed by atoms with Gasteiger partial charge in [0.15, 0.2) is 9.84 Å². The van der Waals surface area contributed by atoms with Crippen LogP contribution in [0, 0.1) is 5.82 Å². The molecular weight excluding hydrogens is 423 g/mol. The molecule has 2 saturated heterocycles. The van der Waals surface area contributed by atoms with Gasteiger partial charge < -0.3 is 4.90 Å². The van der Waals surface area contributed by atoms with Crippen LogP contribution in [-0.4, -0.2) is 65.5 Å². The van der Waals surface area contributed by atoms with E-state index in [1.807, 2.05) is 0 Å². The smallest absolute Gasteiger partial charge is 0.266 e. The van der Waals surface area contributed by atoms with Crippen molar-refractivity contribution in [3.05, 3.63) is 40.6 Å². The highest BCUT2D eigenvalue weighted by Crippen LogP contribution is 2.32. The van der Waals surface area contributed by atoms with Crippen LogP contribution in [0.2, 0.25) is 0 Å². The third-order valence-electron chi connectivity index (χ3n) is 4.72. The standard InChI is InChI=1S/C18H19FN2O4S3/c1-20(14-6-8-28(24,25)11-14)16(22)5-7-21-17(23)15(27-18(21)26)10-12-3-2-4-13(19)9-12/h2-4,9-10,14H,5-8,11H2,1H3/b15-10+. The molecule has 0 saturated carbocycles. The summed E-state index contributed by atoms with van der Waals surface area (Å²) in [5.41, 5.74) is 0.554. The van der Waals surface area contributed by atoms with E-state index >= 15 is 0 Å². The van der Waals surface area contributed by atoms with E-state index in [-0.39, 0.29) is 42.3 Å². The summed E-state index contributed by atoms with van der Waals surface area (Å²) in [6.07, 6.45) is 2.05. The first-order valence-corrected chi connectivity index (χ1v) is 11.7. The monoisotopic (exact) mass is 442 g/mol. The van der Waals surface area contributed by atoms with E-state index in [1.54, 1.807) is 25.3 Å². The highest BCUT2D eigenvalue weighted by molar-refractivity contribution is 8.26. The number of thioether (sulfide) groups is 1. The van der Waals surface area contributed by atoms with Crippen molar-refractivity contribution < 1.29 is 22.4 Å². The first-order valence-electron chi connectivity index (χ1n) is 8.63. The average Bonchev–Trinajstić information content (AvgIpc) is 3.11. The number of nitrogens with zero attached hydrogens (tertiary/aromatic N) is 2. The highest BCUT2D eigenvalue weighted by Gasteiger charge is 2.35. The lowest BCUT2D eigenvalue weighted by Gasteiger charge is -2.24. The zero-order chi connectivity index (χ0) is 20.5. The summed E-state index contributed by atoms with van der Waals surface area (Å²) in [4.78, 5) is 28.2. The van der Waals surface area contributed by atoms with E-state index in [0.717, 1.165) is 11.8 Å². The van der Waals surface area contributed by atoms with Crippen LogP contribution >= 0.6 is 24.0 Å². The third-order valence-corrected chi connectivity index (χ3v) is 7.85. The molecule has 0 N–H and O–H groups in total. The van der Waals surface area contributed by atoms with Gasteiger partial charge in [0, 0.05) is 26.1 Å². The topological polar surface area (TPSA) is 74.8 Å². The van der Waals surface area contributed by atoms with Crippen LogP contribution < -0.4 is 0 Å². The van der Waals surface area contributed by atoms with E-state index in [0.29, 0.717) is 21.2 Å². The van der Waals surface area contributed by atoms with Crippen molar-refractivity contribution >= 4 is 56.0 Å². The molecule has 1 aromatic carbocycles. The van der Waals surface area contributed by atoms with Crippen LogP contribution in [0.3, 0.4) is 0 Å². The Morgan fingerprint density at radius 1 is 1.46 bits per heavy atom. The van der Waals surface area contributed by atoms with E-state index in [4.69, 9.17) is 12.2 Å². The Kier molecular flexibility index (Phi) is 6.21. The molecule has 2 aliphatic heterocycles. The van der Waals surface area contributed by atoms with Crippen molar-refractivity contribution in [3.63, 3.8) is 0 Å². The molecule has 0 aromatic heterocycles. The molecule has 0 aliphatic carbocycles. The van der Waals surface area contributed by atoms with Gasteiger partial charge in [-0.05, 0) is 30.2 Å². The van der Waals surface area contributed by atoms with Crippen molar-refractivity contribution in [1.29, 1.82) is 0 Å². The number of thiocarbonyl (C=S) groups is 1. The quantitative estimate of drug-likeness (QED) is 0.513. The summed E-state index contributed by atoms with van der Waals surface area (Å²) in [6, 6.07) is 5.56. The fourth-order valence-electron chi connectivity index (χ4n) is 3.11. The predicted molar refractivity (Wildman–Crippen MR) is 111 cm³/mol. The number of halogens is 1. The van der Waals surface area contributed by atoms with E-state index in [1.165, 1.54) is 21.9 Å². The number of hydrogen-bond donors (Lipinski definition) is 0. The Hall–Kier alpha value is -1.78. The molecule has 0 spiro atoms. The third kappa shape index (κ3) is 4.79. The summed E-state index contributed by atoms with van der Waals surface area (Å²) in [7, 11) is -1.49. The zero-order valence-corrected chi connectivity index (χ0v) is 17.6. The van der Waals surface area contributed by atoms with Crippen molar-refractivity contribution in [3.8, 4) is 0 Å². The fraction of sp³-hybridized carbons (Fsp3) is 0.389. The van der Waals surface area contributed by atoms with Crippen molar-refractivity contribution in [2.24, 2.45) is 0 Å². The van der Waals surface area contributed by atoms with Crippen LogP contribution in [-0.2, 0) is 19.4 Å². The molecule has 6 nitrogen and oxygen atoms in total. The van der Waals surface area contributed by atoms with Crippen LogP contribution in [0.25, 0.3) is 6.08 Å². The number of sulfone groups is 1. The molecule has 1 unspecified atom stereocenters. The molecule has 0 radical (unpaired) electrons. The van der Waals surface area contributed by atoms with Gasteiger partial charge in [-0.1, -0.05) is 36.1 Å². The lowest BCUT2D eigenvalue weighted by Crippen LogP contribution is -2.40. The minimum Gasteiger partial charge on any atom is -0.342 e. The summed E-state index contributed by atoms with van der Waals surface area (Å²) in [5.74, 6) is -0.878. The fourth-order valence-corrected chi connectivity index (χ4v) is 6.19. The van der Waals surface area contributed by atoms with Crippen LogP contribution in [0.4, 0.5) is 4.39 Å². The maximum Gasteiger partial charge on any atom is 0.266 e. The number of carbonyl (C=O) groups excluding carboxylic acids is 2. The van der Waals surface area contributed by atoms with E-state index < -0.39 is 15.7 Å². The summed E-state index contributed by atoms with van der Waals surface area (Å²) >= 11 is 6.35. The minimum absolute atomic E-state index is 0.0212. The summed E-state index contributed by atoms with van der Waals surface area (Å²) in [5, 5.41) is 0. The second-order valence-corrected chi connectivity index (χ2v) is 10.6. The molecular formula is C18H19FN2O4S3. The number of amides is 2. The largest absolute Gasteiger partial charge is 0.342 e. The molecule has 3 rings (SSSR count). The number of rotatable bonds is 5. The Balaban J connectivity index is 1.61. The molecule has 10 heteroatoms. The molecule has 150 valence electrons. The van der Waals surface area contributed by atoms with E-state index in [9.17, 15) is 22.4 Å². The average molecular weight is 443 g/mol. The normalized spacial score (nSPS) is 22.9. The summed E-state index contributed by atoms with van der Waals surface area (Å²) in [6.45, 7) is 0.119. The predicted octanol–water partition coefficient (Wildman–Crippen LogP) is 2.06. The van der Waals surface area contributed by atoms with Gasteiger partial charge in [-0.3, -0.25) is 14.5 Å². The molecule has 2 amide bonds. The van der Waals surface area contributed by atoms with Crippen molar-refractivity contribution in [2.45, 2.75) is 18.9 Å². The Bertz CT molecular complexity index is 961. The second kappa shape index (κ2) is 8.30. The molecule has 2 heterocycles. The van der Waals surface area contributed by atoms with Gasteiger partial charge >= 0.3 is 0 Å². The second-order valence-electron chi connectivity index (χ2n) is 6.70. The maximum atomic E-state index is 13.3. The van der Waals surface area contributed by atoms with Gasteiger partial charge in [-0.2, -0.15) is 0 Å². The first-order chi connectivity index (χ1) is 13.2. The molecule has 1 atom stereocenters.